The predicted molar refractivity (Wildman–Crippen MR) is 90.1 cm³/mol. The molecule has 3 nitrogen and oxygen atoms in total. The van der Waals surface area contributed by atoms with Gasteiger partial charge >= 0.3 is 5.97 Å². The predicted octanol–water partition coefficient (Wildman–Crippen LogP) is 3.59. The van der Waals surface area contributed by atoms with E-state index in [1.807, 2.05) is 30.3 Å². The molecule has 2 saturated heterocycles. The van der Waals surface area contributed by atoms with Gasteiger partial charge in [0.2, 0.25) is 0 Å². The second-order valence-corrected chi connectivity index (χ2v) is 7.33. The van der Waals surface area contributed by atoms with E-state index >= 15 is 0 Å². The van der Waals surface area contributed by atoms with E-state index in [-0.39, 0.29) is 5.97 Å². The number of carbonyl (C=O) groups is 1. The van der Waals surface area contributed by atoms with Crippen molar-refractivity contribution in [2.45, 2.75) is 43.0 Å². The standard InChI is InChI=1S/C18H25NO2S/c20-18(14-22-16-8-2-1-3-9-16)21-13-15-7-6-12-19-11-5-4-10-17(15)19/h1-3,8-9,15,17H,4-7,10-14H2/t15-,17+/m0/s1. The molecular formula is C18H25NO2S. The molecule has 120 valence electrons. The van der Waals surface area contributed by atoms with E-state index in [2.05, 4.69) is 4.90 Å². The molecule has 0 N–H and O–H groups in total. The van der Waals surface area contributed by atoms with Gasteiger partial charge in [0.1, 0.15) is 0 Å². The molecule has 1 aromatic rings. The van der Waals surface area contributed by atoms with Gasteiger partial charge in [-0.3, -0.25) is 9.69 Å². The highest BCUT2D eigenvalue weighted by Gasteiger charge is 2.33. The molecule has 2 fully saturated rings. The molecule has 2 atom stereocenters. The quantitative estimate of drug-likeness (QED) is 0.613. The maximum atomic E-state index is 12.0. The van der Waals surface area contributed by atoms with E-state index in [0.29, 0.717) is 24.3 Å². The van der Waals surface area contributed by atoms with Gasteiger partial charge < -0.3 is 4.74 Å². The second kappa shape index (κ2) is 8.02. The maximum Gasteiger partial charge on any atom is 0.316 e. The van der Waals surface area contributed by atoms with Crippen molar-refractivity contribution in [3.8, 4) is 0 Å². The van der Waals surface area contributed by atoms with Crippen molar-refractivity contribution in [1.82, 2.24) is 4.90 Å². The first-order valence-corrected chi connectivity index (χ1v) is 9.39. The van der Waals surface area contributed by atoms with Crippen LogP contribution in [0.4, 0.5) is 0 Å². The van der Waals surface area contributed by atoms with Crippen LogP contribution in [0.5, 0.6) is 0 Å². The van der Waals surface area contributed by atoms with Crippen LogP contribution in [0.2, 0.25) is 0 Å². The number of thioether (sulfide) groups is 1. The monoisotopic (exact) mass is 319 g/mol. The minimum absolute atomic E-state index is 0.0817. The summed E-state index contributed by atoms with van der Waals surface area (Å²) in [4.78, 5) is 15.7. The molecule has 0 radical (unpaired) electrons. The van der Waals surface area contributed by atoms with Crippen molar-refractivity contribution in [2.24, 2.45) is 5.92 Å². The summed E-state index contributed by atoms with van der Waals surface area (Å²) in [6.45, 7) is 3.08. The molecule has 2 aliphatic heterocycles. The van der Waals surface area contributed by atoms with Crippen LogP contribution in [0.25, 0.3) is 0 Å². The summed E-state index contributed by atoms with van der Waals surface area (Å²) in [5.41, 5.74) is 0. The molecule has 0 amide bonds. The molecule has 4 heteroatoms. The van der Waals surface area contributed by atoms with E-state index in [4.69, 9.17) is 4.74 Å². The minimum Gasteiger partial charge on any atom is -0.465 e. The Balaban J connectivity index is 1.42. The average molecular weight is 319 g/mol. The SMILES string of the molecule is O=C(CSc1ccccc1)OC[C@@H]1CCCN2CCCC[C@H]12. The third-order valence-corrected chi connectivity index (χ3v) is 5.77. The molecule has 3 rings (SSSR count). The lowest BCUT2D eigenvalue weighted by Crippen LogP contribution is -2.49. The Morgan fingerprint density at radius 1 is 1.14 bits per heavy atom. The summed E-state index contributed by atoms with van der Waals surface area (Å²) in [5.74, 6) is 0.868. The summed E-state index contributed by atoms with van der Waals surface area (Å²) in [6, 6.07) is 10.7. The Morgan fingerprint density at radius 3 is 2.82 bits per heavy atom. The lowest BCUT2D eigenvalue weighted by molar-refractivity contribution is -0.143. The first kappa shape index (κ1) is 15.9. The summed E-state index contributed by atoms with van der Waals surface area (Å²) in [7, 11) is 0. The van der Waals surface area contributed by atoms with Crippen LogP contribution < -0.4 is 0 Å². The molecule has 0 spiro atoms. The number of esters is 1. The van der Waals surface area contributed by atoms with Crippen LogP contribution >= 0.6 is 11.8 Å². The molecule has 0 saturated carbocycles. The molecular weight excluding hydrogens is 294 g/mol. The van der Waals surface area contributed by atoms with Crippen LogP contribution in [-0.4, -0.2) is 42.4 Å². The molecule has 2 heterocycles. The first-order valence-electron chi connectivity index (χ1n) is 8.40. The van der Waals surface area contributed by atoms with E-state index in [0.717, 1.165) is 4.90 Å². The molecule has 2 aliphatic rings. The minimum atomic E-state index is -0.0817. The van der Waals surface area contributed by atoms with E-state index < -0.39 is 0 Å². The second-order valence-electron chi connectivity index (χ2n) is 6.29. The number of rotatable bonds is 5. The van der Waals surface area contributed by atoms with Crippen molar-refractivity contribution >= 4 is 17.7 Å². The van der Waals surface area contributed by atoms with Gasteiger partial charge in [-0.2, -0.15) is 0 Å². The van der Waals surface area contributed by atoms with Crippen LogP contribution in [0.15, 0.2) is 35.2 Å². The van der Waals surface area contributed by atoms with Gasteiger partial charge in [-0.1, -0.05) is 24.6 Å². The number of piperidine rings is 2. The van der Waals surface area contributed by atoms with Crippen LogP contribution in [0.1, 0.15) is 32.1 Å². The number of hydrogen-bond donors (Lipinski definition) is 0. The number of fused-ring (bicyclic) bond motifs is 1. The summed E-state index contributed by atoms with van der Waals surface area (Å²) >= 11 is 1.55. The van der Waals surface area contributed by atoms with Gasteiger partial charge in [0.05, 0.1) is 12.4 Å². The van der Waals surface area contributed by atoms with Crippen molar-refractivity contribution in [3.05, 3.63) is 30.3 Å². The van der Waals surface area contributed by atoms with Gasteiger partial charge in [0, 0.05) is 16.9 Å². The Bertz CT molecular complexity index is 477. The van der Waals surface area contributed by atoms with Gasteiger partial charge in [0.25, 0.3) is 0 Å². The van der Waals surface area contributed by atoms with E-state index in [1.165, 1.54) is 45.2 Å². The molecule has 0 aliphatic carbocycles. The smallest absolute Gasteiger partial charge is 0.316 e. The highest BCUT2D eigenvalue weighted by atomic mass is 32.2. The Kier molecular flexibility index (Phi) is 5.79. The Morgan fingerprint density at radius 2 is 1.95 bits per heavy atom. The van der Waals surface area contributed by atoms with Crippen molar-refractivity contribution in [1.29, 1.82) is 0 Å². The van der Waals surface area contributed by atoms with Gasteiger partial charge in [-0.25, -0.2) is 0 Å². The molecule has 22 heavy (non-hydrogen) atoms. The van der Waals surface area contributed by atoms with Crippen molar-refractivity contribution < 1.29 is 9.53 Å². The Hall–Kier alpha value is -1.00. The maximum absolute atomic E-state index is 12.0. The normalized spacial score (nSPS) is 25.5. The zero-order valence-corrected chi connectivity index (χ0v) is 13.9. The summed E-state index contributed by atoms with van der Waals surface area (Å²) in [6.07, 6.45) is 6.39. The van der Waals surface area contributed by atoms with Gasteiger partial charge in [-0.15, -0.1) is 11.8 Å². The number of benzene rings is 1. The largest absolute Gasteiger partial charge is 0.465 e. The fourth-order valence-corrected chi connectivity index (χ4v) is 4.39. The summed E-state index contributed by atoms with van der Waals surface area (Å²) in [5, 5.41) is 0. The Labute approximate surface area is 137 Å². The zero-order valence-electron chi connectivity index (χ0n) is 13.1. The average Bonchev–Trinajstić information content (AvgIpc) is 2.59. The molecule has 0 aromatic heterocycles. The molecule has 0 bridgehead atoms. The van der Waals surface area contributed by atoms with Crippen LogP contribution in [0.3, 0.4) is 0 Å². The van der Waals surface area contributed by atoms with Gasteiger partial charge in [0.15, 0.2) is 0 Å². The first-order chi connectivity index (χ1) is 10.8. The zero-order chi connectivity index (χ0) is 15.2. The summed E-state index contributed by atoms with van der Waals surface area (Å²) < 4.78 is 5.57. The lowest BCUT2D eigenvalue weighted by Gasteiger charge is -2.44. The highest BCUT2D eigenvalue weighted by Crippen LogP contribution is 2.31. The van der Waals surface area contributed by atoms with E-state index in [9.17, 15) is 4.79 Å². The van der Waals surface area contributed by atoms with Crippen molar-refractivity contribution in [3.63, 3.8) is 0 Å². The van der Waals surface area contributed by atoms with E-state index in [1.54, 1.807) is 11.8 Å². The molecule has 1 aromatic carbocycles. The number of hydrogen-bond acceptors (Lipinski definition) is 4. The number of nitrogens with zero attached hydrogens (tertiary/aromatic N) is 1. The van der Waals surface area contributed by atoms with Crippen LogP contribution in [-0.2, 0) is 9.53 Å². The lowest BCUT2D eigenvalue weighted by atomic mass is 9.84. The highest BCUT2D eigenvalue weighted by molar-refractivity contribution is 8.00. The molecule has 0 unspecified atom stereocenters. The fraction of sp³-hybridized carbons (Fsp3) is 0.611. The van der Waals surface area contributed by atoms with Crippen molar-refractivity contribution in [2.75, 3.05) is 25.4 Å². The van der Waals surface area contributed by atoms with Gasteiger partial charge in [-0.05, 0) is 50.9 Å². The number of carbonyl (C=O) groups excluding carboxylic acids is 1. The third kappa shape index (κ3) is 4.26. The van der Waals surface area contributed by atoms with Crippen LogP contribution in [0, 0.1) is 5.92 Å². The fourth-order valence-electron chi connectivity index (χ4n) is 3.67. The topological polar surface area (TPSA) is 29.5 Å². The number of ether oxygens (including phenoxy) is 1. The third-order valence-electron chi connectivity index (χ3n) is 4.79.